The second kappa shape index (κ2) is 9.69. The van der Waals surface area contributed by atoms with Crippen molar-refractivity contribution in [3.8, 4) is 11.3 Å². The number of hydrogen-bond acceptors (Lipinski definition) is 6. The normalized spacial score (nSPS) is 17.1. The first-order valence-electron chi connectivity index (χ1n) is 11.0. The van der Waals surface area contributed by atoms with E-state index < -0.39 is 4.92 Å². The van der Waals surface area contributed by atoms with Gasteiger partial charge in [-0.25, -0.2) is 4.99 Å². The van der Waals surface area contributed by atoms with Gasteiger partial charge >= 0.3 is 0 Å². The van der Waals surface area contributed by atoms with Crippen molar-refractivity contribution < 1.29 is 14.1 Å². The minimum atomic E-state index is -0.430. The van der Waals surface area contributed by atoms with Crippen LogP contribution in [0.1, 0.15) is 37.2 Å². The number of furan rings is 1. The van der Waals surface area contributed by atoms with Gasteiger partial charge in [0.15, 0.2) is 5.17 Å². The zero-order chi connectivity index (χ0) is 24.4. The lowest BCUT2D eigenvalue weighted by Gasteiger charge is -2.22. The molecule has 0 unspecified atom stereocenters. The van der Waals surface area contributed by atoms with Crippen molar-refractivity contribution in [1.82, 2.24) is 4.90 Å². The predicted octanol–water partition coefficient (Wildman–Crippen LogP) is 6.87. The number of carbonyl (C=O) groups is 1. The number of aliphatic imine (C=N–C) groups is 1. The quantitative estimate of drug-likeness (QED) is 0.220. The van der Waals surface area contributed by atoms with E-state index in [4.69, 9.17) is 9.41 Å². The van der Waals surface area contributed by atoms with Gasteiger partial charge in [0.25, 0.3) is 11.6 Å². The van der Waals surface area contributed by atoms with Gasteiger partial charge in [-0.1, -0.05) is 30.7 Å². The number of aryl methyl sites for hydroxylation is 2. The van der Waals surface area contributed by atoms with Gasteiger partial charge in [-0.15, -0.1) is 0 Å². The van der Waals surface area contributed by atoms with Gasteiger partial charge in [-0.2, -0.15) is 0 Å². The molecule has 1 fully saturated rings. The van der Waals surface area contributed by atoms with Gasteiger partial charge in [-0.3, -0.25) is 19.8 Å². The maximum absolute atomic E-state index is 13.3. The van der Waals surface area contributed by atoms with E-state index in [9.17, 15) is 14.9 Å². The standard InChI is InChI=1S/C26H25N3O4S/c1-5-18(4)28-25(30)24(34-26(28)27-19-9-6-16(2)7-10-19)15-21-12-13-23(33-21)22-14-20(29(31)32)11-8-17(22)3/h6-15,18H,5H2,1-4H3/b24-15+,27-26?/t18-/m0/s1. The Kier molecular flexibility index (Phi) is 6.70. The Morgan fingerprint density at radius 1 is 1.15 bits per heavy atom. The molecule has 8 heteroatoms. The third kappa shape index (κ3) is 4.82. The first-order valence-corrected chi connectivity index (χ1v) is 11.8. The lowest BCUT2D eigenvalue weighted by molar-refractivity contribution is -0.384. The number of nitro benzene ring substituents is 1. The smallest absolute Gasteiger partial charge is 0.270 e. The Hall–Kier alpha value is -3.65. The number of hydrogen-bond donors (Lipinski definition) is 0. The molecule has 0 saturated carbocycles. The molecule has 0 aliphatic carbocycles. The van der Waals surface area contributed by atoms with Gasteiger partial charge in [0.1, 0.15) is 11.5 Å². The molecular formula is C26H25N3O4S. The molecule has 1 saturated heterocycles. The average molecular weight is 476 g/mol. The summed E-state index contributed by atoms with van der Waals surface area (Å²) in [5.74, 6) is 0.892. The molecule has 0 spiro atoms. The van der Waals surface area contributed by atoms with Crippen LogP contribution in [0.3, 0.4) is 0 Å². The molecule has 1 aromatic heterocycles. The monoisotopic (exact) mass is 475 g/mol. The topological polar surface area (TPSA) is 89.0 Å². The summed E-state index contributed by atoms with van der Waals surface area (Å²) < 4.78 is 5.96. The van der Waals surface area contributed by atoms with Crippen molar-refractivity contribution in [2.24, 2.45) is 4.99 Å². The first kappa shape index (κ1) is 23.5. The number of benzene rings is 2. The number of thioether (sulfide) groups is 1. The first-order chi connectivity index (χ1) is 16.3. The van der Waals surface area contributed by atoms with E-state index >= 15 is 0 Å². The molecule has 3 aromatic rings. The van der Waals surface area contributed by atoms with Crippen LogP contribution < -0.4 is 0 Å². The number of non-ortho nitro benzene ring substituents is 1. The molecule has 0 N–H and O–H groups in total. The molecule has 1 atom stereocenters. The number of amidine groups is 1. The molecule has 1 amide bonds. The van der Waals surface area contributed by atoms with Crippen LogP contribution >= 0.6 is 11.8 Å². The number of nitro groups is 1. The second-order valence-electron chi connectivity index (χ2n) is 8.23. The van der Waals surface area contributed by atoms with Crippen molar-refractivity contribution in [2.75, 3.05) is 0 Å². The van der Waals surface area contributed by atoms with Crippen LogP contribution in [-0.4, -0.2) is 26.9 Å². The highest BCUT2D eigenvalue weighted by atomic mass is 32.2. The summed E-state index contributed by atoms with van der Waals surface area (Å²) in [6.45, 7) is 7.92. The number of carbonyl (C=O) groups excluding carboxylic acids is 1. The fraction of sp³-hybridized carbons (Fsp3) is 0.231. The lowest BCUT2D eigenvalue weighted by atomic mass is 10.1. The minimum absolute atomic E-state index is 0.000384. The molecule has 2 aromatic carbocycles. The largest absolute Gasteiger partial charge is 0.457 e. The van der Waals surface area contributed by atoms with Gasteiger partial charge in [-0.05, 0) is 68.8 Å². The third-order valence-electron chi connectivity index (χ3n) is 5.72. The van der Waals surface area contributed by atoms with Crippen molar-refractivity contribution >= 4 is 40.3 Å². The Balaban J connectivity index is 1.67. The molecule has 1 aliphatic heterocycles. The number of amides is 1. The lowest BCUT2D eigenvalue weighted by Crippen LogP contribution is -2.36. The fourth-order valence-electron chi connectivity index (χ4n) is 3.56. The molecule has 7 nitrogen and oxygen atoms in total. The van der Waals surface area contributed by atoms with Gasteiger partial charge in [0.2, 0.25) is 0 Å². The van der Waals surface area contributed by atoms with Crippen molar-refractivity contribution in [3.63, 3.8) is 0 Å². The number of nitrogens with zero attached hydrogens (tertiary/aromatic N) is 3. The molecule has 174 valence electrons. The number of rotatable bonds is 6. The maximum atomic E-state index is 13.3. The van der Waals surface area contributed by atoms with Crippen LogP contribution in [0.5, 0.6) is 0 Å². The van der Waals surface area contributed by atoms with Gasteiger partial charge in [0, 0.05) is 29.8 Å². The van der Waals surface area contributed by atoms with Crippen LogP contribution in [0.15, 0.2) is 68.9 Å². The van der Waals surface area contributed by atoms with E-state index in [1.54, 1.807) is 29.2 Å². The summed E-state index contributed by atoms with van der Waals surface area (Å²) in [5, 5.41) is 11.8. The fourth-order valence-corrected chi connectivity index (χ4v) is 4.63. The van der Waals surface area contributed by atoms with Crippen LogP contribution in [0, 0.1) is 24.0 Å². The van der Waals surface area contributed by atoms with Crippen LogP contribution in [0.4, 0.5) is 11.4 Å². The van der Waals surface area contributed by atoms with Gasteiger partial charge < -0.3 is 4.42 Å². The van der Waals surface area contributed by atoms with Crippen molar-refractivity contribution in [2.45, 2.75) is 40.2 Å². The zero-order valence-electron chi connectivity index (χ0n) is 19.4. The molecule has 1 aliphatic rings. The van der Waals surface area contributed by atoms with Crippen LogP contribution in [-0.2, 0) is 4.79 Å². The van der Waals surface area contributed by atoms with E-state index in [0.717, 1.165) is 23.2 Å². The molecule has 0 radical (unpaired) electrons. The second-order valence-corrected chi connectivity index (χ2v) is 9.24. The Bertz CT molecular complexity index is 1310. The Morgan fingerprint density at radius 3 is 2.56 bits per heavy atom. The third-order valence-corrected chi connectivity index (χ3v) is 6.71. The molecule has 34 heavy (non-hydrogen) atoms. The summed E-state index contributed by atoms with van der Waals surface area (Å²) in [6.07, 6.45) is 2.50. The molecule has 4 rings (SSSR count). The predicted molar refractivity (Wildman–Crippen MR) is 136 cm³/mol. The summed E-state index contributed by atoms with van der Waals surface area (Å²) >= 11 is 1.32. The van der Waals surface area contributed by atoms with E-state index in [2.05, 4.69) is 0 Å². The molecule has 2 heterocycles. The van der Waals surface area contributed by atoms with E-state index in [0.29, 0.717) is 27.2 Å². The average Bonchev–Trinajstić information content (AvgIpc) is 3.39. The highest BCUT2D eigenvalue weighted by molar-refractivity contribution is 8.18. The van der Waals surface area contributed by atoms with Crippen molar-refractivity contribution in [1.29, 1.82) is 0 Å². The summed E-state index contributed by atoms with van der Waals surface area (Å²) in [6, 6.07) is 16.0. The van der Waals surface area contributed by atoms with E-state index in [1.807, 2.05) is 52.0 Å². The van der Waals surface area contributed by atoms with E-state index in [-0.39, 0.29) is 17.6 Å². The van der Waals surface area contributed by atoms with Crippen molar-refractivity contribution in [3.05, 3.63) is 86.5 Å². The molecular weight excluding hydrogens is 450 g/mol. The summed E-state index contributed by atoms with van der Waals surface area (Å²) in [5.41, 5.74) is 3.44. The molecule has 0 bridgehead atoms. The highest BCUT2D eigenvalue weighted by Gasteiger charge is 2.36. The summed E-state index contributed by atoms with van der Waals surface area (Å²) in [7, 11) is 0. The highest BCUT2D eigenvalue weighted by Crippen LogP contribution is 2.37. The van der Waals surface area contributed by atoms with Crippen LogP contribution in [0.25, 0.3) is 17.4 Å². The summed E-state index contributed by atoms with van der Waals surface area (Å²) in [4.78, 5) is 31.0. The maximum Gasteiger partial charge on any atom is 0.270 e. The zero-order valence-corrected chi connectivity index (χ0v) is 20.3. The van der Waals surface area contributed by atoms with E-state index in [1.165, 1.54) is 23.9 Å². The Labute approximate surface area is 202 Å². The Morgan fingerprint density at radius 2 is 1.88 bits per heavy atom. The van der Waals surface area contributed by atoms with Gasteiger partial charge in [0.05, 0.1) is 15.5 Å². The van der Waals surface area contributed by atoms with Crippen LogP contribution in [0.2, 0.25) is 0 Å². The minimum Gasteiger partial charge on any atom is -0.457 e. The SMILES string of the molecule is CC[C@H](C)N1C(=O)/C(=C\c2ccc(-c3cc([N+](=O)[O-])ccc3C)o2)SC1=Nc1ccc(C)cc1.